The second-order valence-corrected chi connectivity index (χ2v) is 10.3. The topological polar surface area (TPSA) is 61.4 Å². The van der Waals surface area contributed by atoms with Crippen LogP contribution in [0.4, 0.5) is 0 Å². The lowest BCUT2D eigenvalue weighted by atomic mass is 10.4. The lowest BCUT2D eigenvalue weighted by molar-refractivity contribution is -0.119. The summed E-state index contributed by atoms with van der Waals surface area (Å²) in [6, 6.07) is 0. The molecule has 3 unspecified atom stereocenters. The Morgan fingerprint density at radius 3 is 2.35 bits per heavy atom. The van der Waals surface area contributed by atoms with Crippen LogP contribution >= 0.6 is 65.5 Å². The summed E-state index contributed by atoms with van der Waals surface area (Å²) in [4.78, 5) is 12.3. The third-order valence-electron chi connectivity index (χ3n) is 2.76. The zero-order valence-corrected chi connectivity index (χ0v) is 21.1. The van der Waals surface area contributed by atoms with Gasteiger partial charge in [0.1, 0.15) is 6.23 Å². The van der Waals surface area contributed by atoms with Crippen molar-refractivity contribution in [2.24, 2.45) is 0 Å². The lowest BCUT2D eigenvalue weighted by Gasteiger charge is -2.14. The van der Waals surface area contributed by atoms with Crippen LogP contribution in [0.5, 0.6) is 0 Å². The Labute approximate surface area is 180 Å². The van der Waals surface area contributed by atoms with Gasteiger partial charge in [-0.05, 0) is 11.0 Å². The van der Waals surface area contributed by atoms with Crippen molar-refractivity contribution in [2.45, 2.75) is 26.5 Å². The average molecular weight is 475 g/mol. The second kappa shape index (κ2) is 19.4. The molecule has 10 heteroatoms. The zero-order chi connectivity index (χ0) is 19.6. The molecule has 3 N–H and O–H groups in total. The normalized spacial score (nSPS) is 19.0. The number of hydrogen-bond acceptors (Lipinski definition) is 7. The fourth-order valence-corrected chi connectivity index (χ4v) is 6.80. The molecule has 0 saturated carbocycles. The molecule has 1 amide bonds. The van der Waals surface area contributed by atoms with Crippen molar-refractivity contribution < 1.29 is 9.90 Å². The highest BCUT2D eigenvalue weighted by atomic mass is 32.2. The van der Waals surface area contributed by atoms with Gasteiger partial charge in [0.15, 0.2) is 0 Å². The number of hydrogen-bond donors (Lipinski definition) is 3. The van der Waals surface area contributed by atoms with Crippen LogP contribution in [0.2, 0.25) is 0 Å². The van der Waals surface area contributed by atoms with E-state index in [1.54, 1.807) is 0 Å². The van der Waals surface area contributed by atoms with Crippen molar-refractivity contribution in [1.82, 2.24) is 10.6 Å². The number of thioether (sulfide) groups is 4. The van der Waals surface area contributed by atoms with Gasteiger partial charge in [0.25, 0.3) is 0 Å². The Balaban J connectivity index is 0.000000439. The van der Waals surface area contributed by atoms with Gasteiger partial charge in [-0.1, -0.05) is 19.9 Å². The van der Waals surface area contributed by atoms with Gasteiger partial charge < -0.3 is 10.4 Å². The Morgan fingerprint density at radius 1 is 1.15 bits per heavy atom. The number of aliphatic hydroxyl groups is 1. The molecule has 0 aliphatic carbocycles. The molecule has 2 rings (SSSR count). The first-order valence-corrected chi connectivity index (χ1v) is 14.4. The highest BCUT2D eigenvalue weighted by Gasteiger charge is 2.08. The molecule has 2 heterocycles. The minimum atomic E-state index is -0.483. The van der Waals surface area contributed by atoms with Crippen molar-refractivity contribution in [3.05, 3.63) is 21.3 Å². The van der Waals surface area contributed by atoms with E-state index in [0.717, 1.165) is 12.0 Å². The fraction of sp³-hybridized carbons (Fsp3) is 0.688. The summed E-state index contributed by atoms with van der Waals surface area (Å²) in [5.74, 6) is 5.92. The quantitative estimate of drug-likeness (QED) is 0.400. The Hall–Kier alpha value is 1.13. The maximum Gasteiger partial charge on any atom is 0.224 e. The van der Waals surface area contributed by atoms with Crippen LogP contribution in [0.1, 0.15) is 20.3 Å². The number of aliphatic hydroxyl groups excluding tert-OH is 1. The Kier molecular flexibility index (Phi) is 20.3. The first-order valence-electron chi connectivity index (χ1n) is 8.61. The van der Waals surface area contributed by atoms with Gasteiger partial charge in [-0.25, -0.2) is 0 Å². The van der Waals surface area contributed by atoms with Crippen molar-refractivity contribution in [3.63, 3.8) is 0 Å². The number of nitrogens with one attached hydrogen (secondary N) is 2. The second-order valence-electron chi connectivity index (χ2n) is 4.62. The van der Waals surface area contributed by atoms with E-state index in [-0.39, 0.29) is 5.91 Å². The molecule has 0 bridgehead atoms. The van der Waals surface area contributed by atoms with E-state index in [2.05, 4.69) is 29.1 Å². The minimum Gasteiger partial charge on any atom is -0.375 e. The van der Waals surface area contributed by atoms with E-state index in [4.69, 9.17) is 0 Å². The highest BCUT2D eigenvalue weighted by Crippen LogP contribution is 2.36. The molecule has 0 aromatic carbocycles. The van der Waals surface area contributed by atoms with Crippen molar-refractivity contribution in [2.75, 3.05) is 41.3 Å². The van der Waals surface area contributed by atoms with Crippen LogP contribution in [0.15, 0.2) is 21.3 Å². The van der Waals surface area contributed by atoms with Gasteiger partial charge >= 0.3 is 0 Å². The summed E-state index contributed by atoms with van der Waals surface area (Å²) in [5.41, 5.74) is 0. The van der Waals surface area contributed by atoms with Gasteiger partial charge in [0.2, 0.25) is 5.91 Å². The molecule has 2 aliphatic rings. The van der Waals surface area contributed by atoms with E-state index < -0.39 is 6.23 Å². The minimum absolute atomic E-state index is 0.102. The molecule has 0 spiro atoms. The number of rotatable bonds is 6. The monoisotopic (exact) mass is 474 g/mol. The maximum absolute atomic E-state index is 11.0. The molecule has 0 aromatic rings. The van der Waals surface area contributed by atoms with Crippen LogP contribution in [0, 0.1) is 0 Å². The van der Waals surface area contributed by atoms with E-state index in [1.165, 1.54) is 32.2 Å². The summed E-state index contributed by atoms with van der Waals surface area (Å²) >= 11 is 7.46. The molecule has 4 nitrogen and oxygen atoms in total. The van der Waals surface area contributed by atoms with Gasteiger partial charge in [0, 0.05) is 52.0 Å². The van der Waals surface area contributed by atoms with Gasteiger partial charge in [-0.3, -0.25) is 10.1 Å². The van der Waals surface area contributed by atoms with Crippen molar-refractivity contribution in [3.8, 4) is 0 Å². The summed E-state index contributed by atoms with van der Waals surface area (Å²) in [6.45, 7) is 4.00. The van der Waals surface area contributed by atoms with Crippen molar-refractivity contribution >= 4 is 71.4 Å². The van der Waals surface area contributed by atoms with Crippen LogP contribution < -0.4 is 10.6 Å². The first-order chi connectivity index (χ1) is 12.7. The van der Waals surface area contributed by atoms with Crippen molar-refractivity contribution in [1.29, 1.82) is 0 Å². The largest absolute Gasteiger partial charge is 0.375 e. The van der Waals surface area contributed by atoms with E-state index in [0.29, 0.717) is 12.7 Å². The predicted molar refractivity (Wildman–Crippen MR) is 133 cm³/mol. The molecule has 2 aliphatic heterocycles. The molecule has 2 saturated heterocycles. The molecule has 3 atom stereocenters. The van der Waals surface area contributed by atoms with Gasteiger partial charge in [-0.2, -0.15) is 11.8 Å². The zero-order valence-electron chi connectivity index (χ0n) is 15.5. The maximum atomic E-state index is 11.0. The molecule has 152 valence electrons. The third kappa shape index (κ3) is 15.1. The van der Waals surface area contributed by atoms with Crippen LogP contribution in [0.3, 0.4) is 0 Å². The van der Waals surface area contributed by atoms with E-state index in [9.17, 15) is 9.90 Å². The van der Waals surface area contributed by atoms with E-state index in [1.807, 2.05) is 73.0 Å². The Bertz CT molecular complexity index is 424. The third-order valence-corrected chi connectivity index (χ3v) is 8.39. The smallest absolute Gasteiger partial charge is 0.224 e. The molecule has 0 radical (unpaired) electrons. The van der Waals surface area contributed by atoms with Gasteiger partial charge in [0.05, 0.1) is 0 Å². The molecule has 2 fully saturated rings. The standard InChI is InChI=1S/C7H14NOPS2.C7H12NOPS2.C2H6/c9-7(8-5-10)3-6-4-11-1-2-12-6;9-6(8-5-10)1-2-7-11-3-4-12-7;1-2/h3,7-9H,1-2,4-5,10H2;2H,1,3-5,10H2,(H,8,9);1-2H3/b6-3+;;. The lowest BCUT2D eigenvalue weighted by Crippen LogP contribution is -2.25. The van der Waals surface area contributed by atoms with Crippen LogP contribution in [-0.4, -0.2) is 58.6 Å². The van der Waals surface area contributed by atoms with E-state index >= 15 is 0 Å². The van der Waals surface area contributed by atoms with Gasteiger partial charge in [-0.15, -0.1) is 53.8 Å². The highest BCUT2D eigenvalue weighted by molar-refractivity contribution is 8.25. The Morgan fingerprint density at radius 2 is 1.81 bits per heavy atom. The number of carbonyl (C=O) groups is 1. The summed E-state index contributed by atoms with van der Waals surface area (Å²) < 4.78 is 1.30. The SMILES string of the molecule is CC.O=C(CC=C1SCCS1)NCP.OC(/C=C1\CSCCS1)NCP. The molecular weight excluding hydrogens is 442 g/mol. The van der Waals surface area contributed by atoms with Crippen LogP contribution in [-0.2, 0) is 4.79 Å². The first kappa shape index (κ1) is 27.1. The van der Waals surface area contributed by atoms with Crippen LogP contribution in [0.25, 0.3) is 0 Å². The summed E-state index contributed by atoms with van der Waals surface area (Å²) in [7, 11) is 5.00. The fourth-order valence-electron chi connectivity index (χ4n) is 1.70. The number of carbonyl (C=O) groups excluding carboxylic acids is 1. The average Bonchev–Trinajstić information content (AvgIpc) is 3.17. The summed E-state index contributed by atoms with van der Waals surface area (Å²) in [6.07, 6.45) is 5.32. The molecule has 0 aromatic heterocycles. The molecular formula is C16H32N2O2P2S4. The number of amides is 1. The predicted octanol–water partition coefficient (Wildman–Crippen LogP) is 3.76. The summed E-state index contributed by atoms with van der Waals surface area (Å²) in [5, 5.41) is 15.0. The molecule has 26 heavy (non-hydrogen) atoms.